The summed E-state index contributed by atoms with van der Waals surface area (Å²) in [6, 6.07) is 21.7. The van der Waals surface area contributed by atoms with Crippen LogP contribution in [0.25, 0.3) is 11.3 Å². The van der Waals surface area contributed by atoms with Gasteiger partial charge in [0.1, 0.15) is 5.56 Å². The van der Waals surface area contributed by atoms with Gasteiger partial charge in [-0.15, -0.1) is 0 Å². The number of carbonyl (C=O) groups excluding carboxylic acids is 1. The Hall–Kier alpha value is -3.70. The lowest BCUT2D eigenvalue weighted by molar-refractivity contribution is 0.102. The zero-order chi connectivity index (χ0) is 21.8. The highest BCUT2D eigenvalue weighted by molar-refractivity contribution is 6.34. The van der Waals surface area contributed by atoms with Crippen LogP contribution in [-0.4, -0.2) is 15.5 Å². The topological polar surface area (TPSA) is 64.0 Å². The zero-order valence-electron chi connectivity index (χ0n) is 16.9. The van der Waals surface area contributed by atoms with Gasteiger partial charge in [0.05, 0.1) is 16.4 Å². The van der Waals surface area contributed by atoms with Crippen LogP contribution >= 0.6 is 11.6 Å². The Bertz CT molecular complexity index is 1290. The third-order valence-corrected chi connectivity index (χ3v) is 5.33. The molecule has 154 valence electrons. The summed E-state index contributed by atoms with van der Waals surface area (Å²) in [5.74, 6) is -0.500. The SMILES string of the molecule is Cc1cc(=O)c(C(=O)Nc2ccccc2Cl)c(-c2ccccc2)n1Cc1ccncc1. The van der Waals surface area contributed by atoms with Gasteiger partial charge in [0.15, 0.2) is 5.43 Å². The number of para-hydroxylation sites is 1. The summed E-state index contributed by atoms with van der Waals surface area (Å²) in [5, 5.41) is 3.20. The molecule has 2 heterocycles. The zero-order valence-corrected chi connectivity index (χ0v) is 17.6. The van der Waals surface area contributed by atoms with Crippen LogP contribution in [0.5, 0.6) is 0 Å². The number of aryl methyl sites for hydroxylation is 1. The summed E-state index contributed by atoms with van der Waals surface area (Å²) < 4.78 is 1.98. The van der Waals surface area contributed by atoms with Crippen molar-refractivity contribution >= 4 is 23.2 Å². The smallest absolute Gasteiger partial charge is 0.261 e. The second-order valence-corrected chi connectivity index (χ2v) is 7.52. The average molecular weight is 430 g/mol. The first kappa shape index (κ1) is 20.6. The molecule has 5 nitrogen and oxygen atoms in total. The van der Waals surface area contributed by atoms with Crippen LogP contribution in [0.3, 0.4) is 0 Å². The molecule has 0 aliphatic rings. The minimum absolute atomic E-state index is 0.0748. The first-order valence-corrected chi connectivity index (χ1v) is 10.2. The van der Waals surface area contributed by atoms with Crippen LogP contribution in [0.15, 0.2) is 90.0 Å². The molecule has 1 amide bonds. The number of nitrogens with one attached hydrogen (secondary N) is 1. The fraction of sp³-hybridized carbons (Fsp3) is 0.0800. The lowest BCUT2D eigenvalue weighted by Crippen LogP contribution is -2.27. The van der Waals surface area contributed by atoms with Crippen molar-refractivity contribution in [1.82, 2.24) is 9.55 Å². The summed E-state index contributed by atoms with van der Waals surface area (Å²) in [6.45, 7) is 2.36. The molecule has 0 saturated heterocycles. The Morgan fingerprint density at radius 3 is 2.39 bits per heavy atom. The highest BCUT2D eigenvalue weighted by Crippen LogP contribution is 2.27. The highest BCUT2D eigenvalue weighted by atomic mass is 35.5. The van der Waals surface area contributed by atoms with E-state index in [-0.39, 0.29) is 11.0 Å². The van der Waals surface area contributed by atoms with Crippen molar-refractivity contribution in [3.05, 3.63) is 117 Å². The van der Waals surface area contributed by atoms with E-state index in [0.29, 0.717) is 22.9 Å². The molecule has 0 atom stereocenters. The van der Waals surface area contributed by atoms with E-state index in [2.05, 4.69) is 10.3 Å². The van der Waals surface area contributed by atoms with Crippen LogP contribution in [0.4, 0.5) is 5.69 Å². The van der Waals surface area contributed by atoms with Crippen molar-refractivity contribution in [3.63, 3.8) is 0 Å². The molecule has 6 heteroatoms. The number of amides is 1. The van der Waals surface area contributed by atoms with E-state index in [1.54, 1.807) is 36.7 Å². The largest absolute Gasteiger partial charge is 0.340 e. The van der Waals surface area contributed by atoms with Crippen LogP contribution in [0, 0.1) is 6.92 Å². The lowest BCUT2D eigenvalue weighted by atomic mass is 10.0. The second-order valence-electron chi connectivity index (χ2n) is 7.12. The minimum Gasteiger partial charge on any atom is -0.340 e. The van der Waals surface area contributed by atoms with Gasteiger partial charge >= 0.3 is 0 Å². The Kier molecular flexibility index (Phi) is 5.96. The summed E-state index contributed by atoms with van der Waals surface area (Å²) in [5.41, 5.74) is 3.30. The number of anilines is 1. The van der Waals surface area contributed by atoms with Gasteiger partial charge < -0.3 is 9.88 Å². The molecule has 2 aromatic carbocycles. The van der Waals surface area contributed by atoms with E-state index in [1.165, 1.54) is 6.07 Å². The molecule has 4 rings (SSSR count). The van der Waals surface area contributed by atoms with Crippen LogP contribution in [0.1, 0.15) is 21.6 Å². The molecule has 0 saturated carbocycles. The number of pyridine rings is 2. The number of nitrogens with zero attached hydrogens (tertiary/aromatic N) is 2. The van der Waals surface area contributed by atoms with Gasteiger partial charge in [0.25, 0.3) is 5.91 Å². The molecule has 0 radical (unpaired) electrons. The first-order chi connectivity index (χ1) is 15.0. The van der Waals surface area contributed by atoms with Crippen molar-refractivity contribution in [2.75, 3.05) is 5.32 Å². The number of benzene rings is 2. The summed E-state index contributed by atoms with van der Waals surface area (Å²) >= 11 is 6.21. The number of carbonyl (C=O) groups is 1. The maximum absolute atomic E-state index is 13.3. The summed E-state index contributed by atoms with van der Waals surface area (Å²) in [4.78, 5) is 30.4. The molecule has 0 unspecified atom stereocenters. The quantitative estimate of drug-likeness (QED) is 0.475. The number of aromatic nitrogens is 2. The third-order valence-electron chi connectivity index (χ3n) is 5.01. The fourth-order valence-electron chi connectivity index (χ4n) is 3.51. The van der Waals surface area contributed by atoms with Crippen molar-refractivity contribution in [3.8, 4) is 11.3 Å². The van der Waals surface area contributed by atoms with Gasteiger partial charge in [-0.05, 0) is 42.3 Å². The minimum atomic E-state index is -0.500. The maximum Gasteiger partial charge on any atom is 0.261 e. The highest BCUT2D eigenvalue weighted by Gasteiger charge is 2.22. The second kappa shape index (κ2) is 8.98. The normalized spacial score (nSPS) is 10.6. The Balaban J connectivity index is 1.90. The number of hydrogen-bond acceptors (Lipinski definition) is 3. The van der Waals surface area contributed by atoms with E-state index in [0.717, 1.165) is 16.8 Å². The monoisotopic (exact) mass is 429 g/mol. The molecular formula is C25H20ClN3O2. The molecule has 0 aliphatic heterocycles. The van der Waals surface area contributed by atoms with Gasteiger partial charge in [-0.2, -0.15) is 0 Å². The van der Waals surface area contributed by atoms with Crippen LogP contribution in [-0.2, 0) is 6.54 Å². The summed E-state index contributed by atoms with van der Waals surface area (Å²) in [7, 11) is 0. The number of halogens is 1. The molecule has 0 aliphatic carbocycles. The van der Waals surface area contributed by atoms with Gasteiger partial charge in [0.2, 0.25) is 0 Å². The van der Waals surface area contributed by atoms with E-state index >= 15 is 0 Å². The average Bonchev–Trinajstić information content (AvgIpc) is 2.78. The molecular weight excluding hydrogens is 410 g/mol. The summed E-state index contributed by atoms with van der Waals surface area (Å²) in [6.07, 6.45) is 3.45. The van der Waals surface area contributed by atoms with Gasteiger partial charge in [-0.25, -0.2) is 0 Å². The third kappa shape index (κ3) is 4.42. The number of hydrogen-bond donors (Lipinski definition) is 1. The molecule has 4 aromatic rings. The van der Waals surface area contributed by atoms with Crippen molar-refractivity contribution < 1.29 is 4.79 Å². The molecule has 0 bridgehead atoms. The van der Waals surface area contributed by atoms with Gasteiger partial charge in [-0.1, -0.05) is 54.1 Å². The molecule has 1 N–H and O–H groups in total. The molecule has 0 fully saturated rings. The Morgan fingerprint density at radius 1 is 1.00 bits per heavy atom. The van der Waals surface area contributed by atoms with E-state index in [9.17, 15) is 9.59 Å². The van der Waals surface area contributed by atoms with Crippen LogP contribution < -0.4 is 10.7 Å². The Labute approximate surface area is 185 Å². The molecule has 0 spiro atoms. The van der Waals surface area contributed by atoms with E-state index in [4.69, 9.17) is 11.6 Å². The lowest BCUT2D eigenvalue weighted by Gasteiger charge is -2.20. The fourth-order valence-corrected chi connectivity index (χ4v) is 3.69. The molecule has 31 heavy (non-hydrogen) atoms. The van der Waals surface area contributed by atoms with Gasteiger partial charge in [0, 0.05) is 30.7 Å². The van der Waals surface area contributed by atoms with Crippen molar-refractivity contribution in [1.29, 1.82) is 0 Å². The predicted molar refractivity (Wildman–Crippen MR) is 124 cm³/mol. The molecule has 2 aromatic heterocycles. The standard InChI is InChI=1S/C25H20ClN3O2/c1-17-15-22(30)23(25(31)28-21-10-6-5-9-20(21)26)24(19-7-3-2-4-8-19)29(17)16-18-11-13-27-14-12-18/h2-15H,16H2,1H3,(H,28,31). The van der Waals surface area contributed by atoms with E-state index < -0.39 is 5.91 Å². The maximum atomic E-state index is 13.3. The van der Waals surface area contributed by atoms with Crippen LogP contribution in [0.2, 0.25) is 5.02 Å². The van der Waals surface area contributed by atoms with E-state index in [1.807, 2.05) is 54.0 Å². The van der Waals surface area contributed by atoms with Crippen molar-refractivity contribution in [2.45, 2.75) is 13.5 Å². The predicted octanol–water partition coefficient (Wildman–Crippen LogP) is 5.17. The first-order valence-electron chi connectivity index (χ1n) is 9.79. The Morgan fingerprint density at radius 2 is 1.68 bits per heavy atom. The van der Waals surface area contributed by atoms with Gasteiger partial charge in [-0.3, -0.25) is 14.6 Å². The number of rotatable bonds is 5. The van der Waals surface area contributed by atoms with Crippen molar-refractivity contribution in [2.24, 2.45) is 0 Å².